The number of hydrogen-bond acceptors (Lipinski definition) is 4. The first-order valence-corrected chi connectivity index (χ1v) is 11.3. The van der Waals surface area contributed by atoms with Crippen LogP contribution in [0.4, 0.5) is 4.39 Å². The van der Waals surface area contributed by atoms with E-state index < -0.39 is 0 Å². The second-order valence-electron chi connectivity index (χ2n) is 8.98. The maximum absolute atomic E-state index is 13.7. The highest BCUT2D eigenvalue weighted by molar-refractivity contribution is 5.98. The summed E-state index contributed by atoms with van der Waals surface area (Å²) < 4.78 is 19.3. The normalized spacial score (nSPS) is 20.6. The first-order chi connectivity index (χ1) is 16.0. The SMILES string of the molecule is Cc1cccc(-c2ocnc2C(=O)N2C[C@H]3CCCC(=O)N(Cc4cccc(F)c4)[C@H]3C2)c1. The van der Waals surface area contributed by atoms with E-state index in [1.807, 2.05) is 42.2 Å². The Bertz CT molecular complexity index is 1190. The molecule has 0 bridgehead atoms. The molecule has 0 saturated carbocycles. The summed E-state index contributed by atoms with van der Waals surface area (Å²) in [6.45, 7) is 3.33. The fourth-order valence-electron chi connectivity index (χ4n) is 5.08. The monoisotopic (exact) mass is 447 g/mol. The van der Waals surface area contributed by atoms with Gasteiger partial charge >= 0.3 is 0 Å². The third-order valence-electron chi connectivity index (χ3n) is 6.67. The molecule has 3 aromatic rings. The van der Waals surface area contributed by atoms with Crippen LogP contribution in [0.25, 0.3) is 11.3 Å². The van der Waals surface area contributed by atoms with Crippen LogP contribution in [0.2, 0.25) is 0 Å². The lowest BCUT2D eigenvalue weighted by molar-refractivity contribution is -0.133. The van der Waals surface area contributed by atoms with E-state index in [9.17, 15) is 14.0 Å². The molecule has 7 heteroatoms. The molecule has 5 rings (SSSR count). The van der Waals surface area contributed by atoms with Crippen molar-refractivity contribution in [3.63, 3.8) is 0 Å². The second kappa shape index (κ2) is 8.81. The summed E-state index contributed by atoms with van der Waals surface area (Å²) in [6.07, 6.45) is 3.46. The van der Waals surface area contributed by atoms with E-state index in [-0.39, 0.29) is 29.6 Å². The molecule has 2 aliphatic heterocycles. The number of likely N-dealkylation sites (tertiary alicyclic amines) is 2. The fourth-order valence-corrected chi connectivity index (χ4v) is 5.08. The summed E-state index contributed by atoms with van der Waals surface area (Å²) in [5.74, 6) is 0.199. The first kappa shape index (κ1) is 21.4. The molecule has 2 atom stereocenters. The molecule has 0 unspecified atom stereocenters. The molecular weight excluding hydrogens is 421 g/mol. The number of amides is 2. The Morgan fingerprint density at radius 1 is 1.18 bits per heavy atom. The van der Waals surface area contributed by atoms with Crippen LogP contribution in [0.15, 0.2) is 59.3 Å². The van der Waals surface area contributed by atoms with Gasteiger partial charge in [-0.15, -0.1) is 0 Å². The van der Waals surface area contributed by atoms with Crippen molar-refractivity contribution in [1.29, 1.82) is 0 Å². The van der Waals surface area contributed by atoms with Gasteiger partial charge in [0.1, 0.15) is 5.82 Å². The lowest BCUT2D eigenvalue weighted by Crippen LogP contribution is -2.43. The molecule has 2 saturated heterocycles. The number of carbonyl (C=O) groups is 2. The highest BCUT2D eigenvalue weighted by atomic mass is 19.1. The average Bonchev–Trinajstić information content (AvgIpc) is 3.42. The lowest BCUT2D eigenvalue weighted by atomic mass is 9.98. The summed E-state index contributed by atoms with van der Waals surface area (Å²) in [5.41, 5.74) is 2.93. The number of rotatable bonds is 4. The topological polar surface area (TPSA) is 66.7 Å². The van der Waals surface area contributed by atoms with Gasteiger partial charge in [-0.1, -0.05) is 35.9 Å². The van der Waals surface area contributed by atoms with Gasteiger partial charge in [0.25, 0.3) is 5.91 Å². The van der Waals surface area contributed by atoms with E-state index in [1.165, 1.54) is 18.5 Å². The Balaban J connectivity index is 1.39. The molecule has 0 N–H and O–H groups in total. The molecule has 170 valence electrons. The van der Waals surface area contributed by atoms with Crippen molar-refractivity contribution in [2.24, 2.45) is 5.92 Å². The van der Waals surface area contributed by atoms with Gasteiger partial charge in [0.2, 0.25) is 5.91 Å². The summed E-state index contributed by atoms with van der Waals surface area (Å²) in [5, 5.41) is 0. The van der Waals surface area contributed by atoms with Crippen LogP contribution in [0.1, 0.15) is 40.9 Å². The van der Waals surface area contributed by atoms with Crippen LogP contribution in [0.5, 0.6) is 0 Å². The quantitative estimate of drug-likeness (QED) is 0.593. The van der Waals surface area contributed by atoms with E-state index in [1.54, 1.807) is 11.0 Å². The lowest BCUT2D eigenvalue weighted by Gasteiger charge is -2.30. The number of oxazole rings is 1. The standard InChI is InChI=1S/C26H26FN3O3/c1-17-5-2-7-19(11-17)25-24(28-16-33-25)26(32)29-14-20-8-4-10-23(31)30(22(20)15-29)13-18-6-3-9-21(27)12-18/h2-3,5-7,9,11-12,16,20,22H,4,8,10,13-15H2,1H3/t20-,22+/m1/s1. The fraction of sp³-hybridized carbons (Fsp3) is 0.346. The number of hydrogen-bond donors (Lipinski definition) is 0. The predicted molar refractivity (Wildman–Crippen MR) is 121 cm³/mol. The third-order valence-corrected chi connectivity index (χ3v) is 6.67. The molecule has 1 aromatic heterocycles. The van der Waals surface area contributed by atoms with Crippen LogP contribution < -0.4 is 0 Å². The van der Waals surface area contributed by atoms with Crippen molar-refractivity contribution in [2.75, 3.05) is 13.1 Å². The summed E-state index contributed by atoms with van der Waals surface area (Å²) in [4.78, 5) is 34.2. The van der Waals surface area contributed by atoms with E-state index in [0.29, 0.717) is 37.5 Å². The van der Waals surface area contributed by atoms with Crippen LogP contribution >= 0.6 is 0 Å². The summed E-state index contributed by atoms with van der Waals surface area (Å²) >= 11 is 0. The van der Waals surface area contributed by atoms with Crippen molar-refractivity contribution >= 4 is 11.8 Å². The van der Waals surface area contributed by atoms with E-state index in [4.69, 9.17) is 4.42 Å². The highest BCUT2D eigenvalue weighted by Gasteiger charge is 2.42. The smallest absolute Gasteiger partial charge is 0.276 e. The minimum atomic E-state index is -0.316. The molecule has 2 aromatic carbocycles. The molecule has 0 radical (unpaired) electrons. The number of fused-ring (bicyclic) bond motifs is 1. The van der Waals surface area contributed by atoms with Crippen molar-refractivity contribution < 1.29 is 18.4 Å². The zero-order valence-electron chi connectivity index (χ0n) is 18.5. The van der Waals surface area contributed by atoms with Gasteiger partial charge in [0.05, 0.1) is 6.04 Å². The second-order valence-corrected chi connectivity index (χ2v) is 8.98. The average molecular weight is 448 g/mol. The molecule has 0 aliphatic carbocycles. The van der Waals surface area contributed by atoms with Gasteiger partial charge in [-0.05, 0) is 49.4 Å². The van der Waals surface area contributed by atoms with Gasteiger partial charge < -0.3 is 14.2 Å². The number of carbonyl (C=O) groups excluding carboxylic acids is 2. The predicted octanol–water partition coefficient (Wildman–Crippen LogP) is 4.44. The van der Waals surface area contributed by atoms with Crippen LogP contribution in [0, 0.1) is 18.7 Å². The molecule has 3 heterocycles. The Kier molecular flexibility index (Phi) is 5.70. The van der Waals surface area contributed by atoms with Crippen molar-refractivity contribution in [2.45, 2.75) is 38.8 Å². The van der Waals surface area contributed by atoms with Crippen LogP contribution in [-0.4, -0.2) is 45.7 Å². The van der Waals surface area contributed by atoms with Crippen LogP contribution in [-0.2, 0) is 11.3 Å². The Morgan fingerprint density at radius 3 is 2.85 bits per heavy atom. The van der Waals surface area contributed by atoms with Crippen molar-refractivity contribution in [1.82, 2.24) is 14.8 Å². The molecule has 6 nitrogen and oxygen atoms in total. The number of benzene rings is 2. The Morgan fingerprint density at radius 2 is 2.03 bits per heavy atom. The summed E-state index contributed by atoms with van der Waals surface area (Å²) in [6, 6.07) is 14.0. The summed E-state index contributed by atoms with van der Waals surface area (Å²) in [7, 11) is 0. The largest absolute Gasteiger partial charge is 0.443 e. The maximum atomic E-state index is 13.7. The van der Waals surface area contributed by atoms with E-state index >= 15 is 0 Å². The zero-order valence-corrected chi connectivity index (χ0v) is 18.5. The molecule has 2 aliphatic rings. The Labute approximate surface area is 192 Å². The minimum absolute atomic E-state index is 0.0583. The van der Waals surface area contributed by atoms with E-state index in [2.05, 4.69) is 4.98 Å². The number of aryl methyl sites for hydroxylation is 1. The third kappa shape index (κ3) is 4.27. The van der Waals surface area contributed by atoms with Gasteiger partial charge in [-0.25, -0.2) is 9.37 Å². The number of nitrogens with zero attached hydrogens (tertiary/aromatic N) is 3. The zero-order chi connectivity index (χ0) is 22.9. The minimum Gasteiger partial charge on any atom is -0.443 e. The van der Waals surface area contributed by atoms with Crippen molar-refractivity contribution in [3.05, 3.63) is 77.6 Å². The van der Waals surface area contributed by atoms with Gasteiger partial charge in [-0.3, -0.25) is 9.59 Å². The van der Waals surface area contributed by atoms with E-state index in [0.717, 1.165) is 29.5 Å². The number of halogens is 1. The molecule has 2 fully saturated rings. The van der Waals surface area contributed by atoms with Crippen LogP contribution in [0.3, 0.4) is 0 Å². The number of aromatic nitrogens is 1. The molecule has 33 heavy (non-hydrogen) atoms. The maximum Gasteiger partial charge on any atom is 0.276 e. The molecule has 2 amide bonds. The van der Waals surface area contributed by atoms with Gasteiger partial charge in [0.15, 0.2) is 17.8 Å². The van der Waals surface area contributed by atoms with Crippen molar-refractivity contribution in [3.8, 4) is 11.3 Å². The molecule has 0 spiro atoms. The highest BCUT2D eigenvalue weighted by Crippen LogP contribution is 2.33. The van der Waals surface area contributed by atoms with Gasteiger partial charge in [0, 0.05) is 31.6 Å². The first-order valence-electron chi connectivity index (χ1n) is 11.3. The molecular formula is C26H26FN3O3. The Hall–Kier alpha value is -3.48. The van der Waals surface area contributed by atoms with Gasteiger partial charge in [-0.2, -0.15) is 0 Å².